The number of aromatic nitrogens is 1. The van der Waals surface area contributed by atoms with E-state index in [9.17, 15) is 8.42 Å². The van der Waals surface area contributed by atoms with Crippen molar-refractivity contribution >= 4 is 10.0 Å². The monoisotopic (exact) mass is 247 g/mol. The fourth-order valence-electron chi connectivity index (χ4n) is 1.11. The predicted octanol–water partition coefficient (Wildman–Crippen LogP) is 0.311. The number of nitrogens with one attached hydrogen (secondary N) is 1. The van der Waals surface area contributed by atoms with E-state index in [0.717, 1.165) is 0 Å². The first-order valence-electron chi connectivity index (χ1n) is 5.00. The van der Waals surface area contributed by atoms with E-state index >= 15 is 0 Å². The Kier molecular flexibility index (Phi) is 4.06. The molecule has 0 bridgehead atoms. The molecule has 6 nitrogen and oxygen atoms in total. The minimum absolute atomic E-state index is 0.0761. The van der Waals surface area contributed by atoms with Crippen molar-refractivity contribution < 1.29 is 12.8 Å². The number of hydrogen-bond acceptors (Lipinski definition) is 5. The highest BCUT2D eigenvalue weighted by Gasteiger charge is 2.24. The van der Waals surface area contributed by atoms with Crippen molar-refractivity contribution in [2.75, 3.05) is 6.54 Å². The summed E-state index contributed by atoms with van der Waals surface area (Å²) < 4.78 is 31.1. The van der Waals surface area contributed by atoms with Crippen LogP contribution in [-0.2, 0) is 10.0 Å². The molecule has 2 unspecified atom stereocenters. The Hall–Kier alpha value is -0.920. The van der Waals surface area contributed by atoms with Crippen LogP contribution >= 0.6 is 0 Å². The zero-order valence-corrected chi connectivity index (χ0v) is 10.4. The summed E-state index contributed by atoms with van der Waals surface area (Å²) in [5.41, 5.74) is 5.32. The molecule has 1 aromatic heterocycles. The Morgan fingerprint density at radius 2 is 2.19 bits per heavy atom. The van der Waals surface area contributed by atoms with Crippen LogP contribution in [0.1, 0.15) is 31.5 Å². The summed E-state index contributed by atoms with van der Waals surface area (Å²) in [6, 6.07) is -0.493. The molecule has 0 aliphatic heterocycles. The lowest BCUT2D eigenvalue weighted by molar-refractivity contribution is 0.426. The van der Waals surface area contributed by atoms with E-state index in [-0.39, 0.29) is 6.54 Å². The molecule has 0 aliphatic rings. The lowest BCUT2D eigenvalue weighted by atomic mass is 10.4. The van der Waals surface area contributed by atoms with Gasteiger partial charge >= 0.3 is 0 Å². The van der Waals surface area contributed by atoms with Crippen molar-refractivity contribution in [1.29, 1.82) is 0 Å². The van der Waals surface area contributed by atoms with E-state index in [1.807, 2.05) is 0 Å². The number of hydrogen-bond donors (Lipinski definition) is 2. The van der Waals surface area contributed by atoms with Gasteiger partial charge in [0.05, 0.1) is 17.5 Å². The van der Waals surface area contributed by atoms with E-state index in [2.05, 4.69) is 9.71 Å². The highest BCUT2D eigenvalue weighted by Crippen LogP contribution is 2.14. The molecular formula is C9H17N3O3S. The van der Waals surface area contributed by atoms with Gasteiger partial charge in [-0.3, -0.25) is 0 Å². The minimum Gasteiger partial charge on any atom is -0.444 e. The maximum Gasteiger partial charge on any atom is 0.216 e. The number of sulfonamides is 1. The van der Waals surface area contributed by atoms with Gasteiger partial charge in [0.2, 0.25) is 15.9 Å². The Balaban J connectivity index is 2.75. The maximum absolute atomic E-state index is 11.7. The van der Waals surface area contributed by atoms with E-state index < -0.39 is 21.3 Å². The smallest absolute Gasteiger partial charge is 0.216 e. The van der Waals surface area contributed by atoms with E-state index in [4.69, 9.17) is 10.2 Å². The number of aryl methyl sites for hydroxylation is 1. The van der Waals surface area contributed by atoms with Crippen LogP contribution in [0, 0.1) is 6.92 Å². The zero-order chi connectivity index (χ0) is 12.3. The molecule has 16 heavy (non-hydrogen) atoms. The van der Waals surface area contributed by atoms with Crippen molar-refractivity contribution in [2.45, 2.75) is 32.1 Å². The van der Waals surface area contributed by atoms with Crippen LogP contribution in [0.4, 0.5) is 0 Å². The average molecular weight is 247 g/mol. The lowest BCUT2D eigenvalue weighted by Crippen LogP contribution is -2.38. The van der Waals surface area contributed by atoms with Gasteiger partial charge in [0.1, 0.15) is 5.76 Å². The van der Waals surface area contributed by atoms with Crippen molar-refractivity contribution in [3.63, 3.8) is 0 Å². The van der Waals surface area contributed by atoms with Crippen LogP contribution in [0.3, 0.4) is 0 Å². The van der Waals surface area contributed by atoms with Crippen LogP contribution in [0.15, 0.2) is 10.6 Å². The molecule has 0 aliphatic carbocycles. The van der Waals surface area contributed by atoms with E-state index in [1.165, 1.54) is 0 Å². The largest absolute Gasteiger partial charge is 0.444 e. The van der Waals surface area contributed by atoms with E-state index in [1.54, 1.807) is 27.0 Å². The third-order valence-electron chi connectivity index (χ3n) is 2.21. The molecule has 0 saturated carbocycles. The summed E-state index contributed by atoms with van der Waals surface area (Å²) in [6.45, 7) is 5.05. The standard InChI is InChI=1S/C9H17N3O3S/c1-6-5-11-9(15-6)8(3)12-16(13,14)7(2)4-10/h5,7-8,12H,4,10H2,1-3H3. The van der Waals surface area contributed by atoms with Gasteiger partial charge in [0, 0.05) is 6.54 Å². The van der Waals surface area contributed by atoms with E-state index in [0.29, 0.717) is 11.7 Å². The summed E-state index contributed by atoms with van der Waals surface area (Å²) in [6.07, 6.45) is 1.55. The first-order valence-corrected chi connectivity index (χ1v) is 6.55. The molecule has 2 atom stereocenters. The van der Waals surface area contributed by atoms with Crippen LogP contribution in [-0.4, -0.2) is 25.2 Å². The first kappa shape index (κ1) is 13.1. The average Bonchev–Trinajstić information content (AvgIpc) is 2.63. The normalized spacial score (nSPS) is 16.0. The topological polar surface area (TPSA) is 98.2 Å². The molecule has 92 valence electrons. The second-order valence-electron chi connectivity index (χ2n) is 3.74. The zero-order valence-electron chi connectivity index (χ0n) is 9.60. The van der Waals surface area contributed by atoms with Crippen molar-refractivity contribution in [2.24, 2.45) is 5.73 Å². The van der Waals surface area contributed by atoms with Gasteiger partial charge in [-0.15, -0.1) is 0 Å². The molecule has 0 aromatic carbocycles. The van der Waals surface area contributed by atoms with Gasteiger partial charge in [-0.2, -0.15) is 0 Å². The Labute approximate surface area is 95.3 Å². The number of oxazole rings is 1. The van der Waals surface area contributed by atoms with Gasteiger partial charge in [0.25, 0.3) is 0 Å². The molecule has 0 saturated heterocycles. The van der Waals surface area contributed by atoms with Gasteiger partial charge in [0.15, 0.2) is 0 Å². The highest BCUT2D eigenvalue weighted by atomic mass is 32.2. The van der Waals surface area contributed by atoms with Gasteiger partial charge < -0.3 is 10.2 Å². The molecule has 0 spiro atoms. The molecule has 1 rings (SSSR count). The van der Waals surface area contributed by atoms with Gasteiger partial charge in [-0.25, -0.2) is 18.1 Å². The van der Waals surface area contributed by atoms with Crippen LogP contribution < -0.4 is 10.5 Å². The second-order valence-corrected chi connectivity index (χ2v) is 5.87. The molecule has 3 N–H and O–H groups in total. The third kappa shape index (κ3) is 3.03. The minimum atomic E-state index is -3.42. The number of nitrogens with two attached hydrogens (primary N) is 1. The quantitative estimate of drug-likeness (QED) is 0.780. The van der Waals surface area contributed by atoms with Crippen molar-refractivity contribution in [3.8, 4) is 0 Å². The predicted molar refractivity (Wildman–Crippen MR) is 60.2 cm³/mol. The van der Waals surface area contributed by atoms with Gasteiger partial charge in [-0.05, 0) is 20.8 Å². The molecule has 1 aromatic rings. The maximum atomic E-state index is 11.7. The van der Waals surface area contributed by atoms with Crippen LogP contribution in [0.5, 0.6) is 0 Å². The summed E-state index contributed by atoms with van der Waals surface area (Å²) in [5.74, 6) is 0.998. The summed E-state index contributed by atoms with van der Waals surface area (Å²) in [5, 5.41) is -0.633. The van der Waals surface area contributed by atoms with Crippen LogP contribution in [0.2, 0.25) is 0 Å². The third-order valence-corrected chi connectivity index (χ3v) is 4.15. The molecule has 0 radical (unpaired) electrons. The Morgan fingerprint density at radius 1 is 1.56 bits per heavy atom. The Bertz CT molecular complexity index is 441. The molecule has 0 amide bonds. The fourth-order valence-corrected chi connectivity index (χ4v) is 2.19. The van der Waals surface area contributed by atoms with Gasteiger partial charge in [-0.1, -0.05) is 0 Å². The molecule has 1 heterocycles. The Morgan fingerprint density at radius 3 is 2.62 bits per heavy atom. The number of nitrogens with zero attached hydrogens (tertiary/aromatic N) is 1. The highest BCUT2D eigenvalue weighted by molar-refractivity contribution is 7.90. The molecule has 7 heteroatoms. The summed E-state index contributed by atoms with van der Waals surface area (Å²) >= 11 is 0. The number of rotatable bonds is 5. The summed E-state index contributed by atoms with van der Waals surface area (Å²) in [7, 11) is -3.42. The molecule has 0 fully saturated rings. The lowest BCUT2D eigenvalue weighted by Gasteiger charge is -2.15. The van der Waals surface area contributed by atoms with Crippen LogP contribution in [0.25, 0.3) is 0 Å². The first-order chi connectivity index (χ1) is 7.36. The summed E-state index contributed by atoms with van der Waals surface area (Å²) in [4.78, 5) is 3.96. The van der Waals surface area contributed by atoms with Crippen molar-refractivity contribution in [1.82, 2.24) is 9.71 Å². The fraction of sp³-hybridized carbons (Fsp3) is 0.667. The van der Waals surface area contributed by atoms with Crippen molar-refractivity contribution in [3.05, 3.63) is 17.8 Å². The SMILES string of the molecule is Cc1cnc(C(C)NS(=O)(=O)C(C)CN)o1. The second kappa shape index (κ2) is 4.94. The molecular weight excluding hydrogens is 230 g/mol.